The monoisotopic (exact) mass is 535 g/mol. The Balaban J connectivity index is 1.31. The van der Waals surface area contributed by atoms with E-state index in [4.69, 9.17) is 9.72 Å². The first-order chi connectivity index (χ1) is 18.5. The molecule has 0 bridgehead atoms. The molecule has 2 aliphatic heterocycles. The quantitative estimate of drug-likeness (QED) is 0.216. The fourth-order valence-corrected chi connectivity index (χ4v) is 5.26. The van der Waals surface area contributed by atoms with Gasteiger partial charge in [-0.15, -0.1) is 0 Å². The van der Waals surface area contributed by atoms with Crippen LogP contribution in [-0.2, 0) is 27.4 Å². The minimum Gasteiger partial charge on any atom is -0.469 e. The lowest BCUT2D eigenvalue weighted by atomic mass is 10.0. The van der Waals surface area contributed by atoms with Gasteiger partial charge in [-0.05, 0) is 12.8 Å². The number of anilines is 1. The maximum absolute atomic E-state index is 12.7. The van der Waals surface area contributed by atoms with Crippen molar-refractivity contribution in [2.75, 3.05) is 45.4 Å². The molecule has 1 saturated heterocycles. The van der Waals surface area contributed by atoms with E-state index in [1.54, 1.807) is 11.9 Å². The number of fused-ring (bicyclic) bond motifs is 1. The van der Waals surface area contributed by atoms with Gasteiger partial charge in [0.25, 0.3) is 5.91 Å². The van der Waals surface area contributed by atoms with E-state index >= 15 is 0 Å². The van der Waals surface area contributed by atoms with Gasteiger partial charge in [-0.2, -0.15) is 0 Å². The second kappa shape index (κ2) is 16.7. The normalized spacial score (nSPS) is 17.9. The second-order valence-electron chi connectivity index (χ2n) is 10.6. The zero-order valence-electron chi connectivity index (χ0n) is 23.6. The van der Waals surface area contributed by atoms with Crippen LogP contribution >= 0.6 is 0 Å². The maximum Gasteiger partial charge on any atom is 0.305 e. The number of hydrogen-bond donors (Lipinski definition) is 2. The lowest BCUT2D eigenvalue weighted by molar-refractivity contribution is -0.140. The number of aromatic nitrogens is 2. The zero-order chi connectivity index (χ0) is 27.2. The van der Waals surface area contributed by atoms with E-state index < -0.39 is 6.35 Å². The standard InChI is InChI=1S/C28H49N5O5/c1-31-26-25(27(35)30-28(31)36)33(23(29-26)22-32-18-20-38-21-19-32)17-15-13-11-9-7-5-3-4-6-8-10-12-14-16-24(34)37-2/h28,36H,3-22H2,1-2H3,(H,30,35). The third-order valence-electron chi connectivity index (χ3n) is 7.66. The molecule has 3 heterocycles. The van der Waals surface area contributed by atoms with Crippen molar-refractivity contribution >= 4 is 17.7 Å². The van der Waals surface area contributed by atoms with Crippen LogP contribution in [0.15, 0.2) is 0 Å². The fraction of sp³-hybridized carbons (Fsp3) is 0.821. The predicted molar refractivity (Wildman–Crippen MR) is 147 cm³/mol. The highest BCUT2D eigenvalue weighted by molar-refractivity contribution is 5.99. The number of morpholine rings is 1. The molecule has 0 aliphatic carbocycles. The summed E-state index contributed by atoms with van der Waals surface area (Å²) in [5.41, 5.74) is 0.560. The number of aliphatic hydroxyl groups excluding tert-OH is 1. The van der Waals surface area contributed by atoms with Gasteiger partial charge in [0.2, 0.25) is 6.35 Å². The molecule has 1 unspecified atom stereocenters. The summed E-state index contributed by atoms with van der Waals surface area (Å²) in [7, 11) is 3.21. The third kappa shape index (κ3) is 9.54. The Morgan fingerprint density at radius 2 is 1.53 bits per heavy atom. The molecule has 1 aromatic rings. The van der Waals surface area contributed by atoms with Crippen molar-refractivity contribution in [1.82, 2.24) is 19.8 Å². The number of imidazole rings is 1. The van der Waals surface area contributed by atoms with Crippen LogP contribution in [-0.4, -0.2) is 78.2 Å². The summed E-state index contributed by atoms with van der Waals surface area (Å²) < 4.78 is 12.2. The number of ether oxygens (including phenoxy) is 2. The van der Waals surface area contributed by atoms with Crippen LogP contribution in [0.25, 0.3) is 0 Å². The number of methoxy groups -OCH3 is 1. The number of esters is 1. The molecule has 2 aliphatic rings. The molecule has 2 N–H and O–H groups in total. The van der Waals surface area contributed by atoms with Gasteiger partial charge >= 0.3 is 5.97 Å². The number of rotatable bonds is 18. The first-order valence-electron chi connectivity index (χ1n) is 14.7. The zero-order valence-corrected chi connectivity index (χ0v) is 23.6. The van der Waals surface area contributed by atoms with Crippen LogP contribution in [0.2, 0.25) is 0 Å². The first-order valence-corrected chi connectivity index (χ1v) is 14.7. The highest BCUT2D eigenvalue weighted by Gasteiger charge is 2.34. The molecule has 3 rings (SSSR count). The van der Waals surface area contributed by atoms with Gasteiger partial charge in [0, 0.05) is 33.1 Å². The van der Waals surface area contributed by atoms with Gasteiger partial charge in [0.05, 0.1) is 26.9 Å². The van der Waals surface area contributed by atoms with Crippen molar-refractivity contribution in [2.45, 2.75) is 109 Å². The minimum absolute atomic E-state index is 0.0971. The van der Waals surface area contributed by atoms with Crippen LogP contribution in [0.1, 0.15) is 106 Å². The molecule has 1 atom stereocenters. The lowest BCUT2D eigenvalue weighted by Gasteiger charge is -2.29. The topological polar surface area (TPSA) is 109 Å². The summed E-state index contributed by atoms with van der Waals surface area (Å²) in [6.07, 6.45) is 15.1. The fourth-order valence-electron chi connectivity index (χ4n) is 5.26. The van der Waals surface area contributed by atoms with Crippen molar-refractivity contribution in [3.8, 4) is 0 Å². The Kier molecular flexibility index (Phi) is 13.4. The molecule has 1 amide bonds. The van der Waals surface area contributed by atoms with E-state index in [9.17, 15) is 14.7 Å². The largest absolute Gasteiger partial charge is 0.469 e. The molecule has 0 aromatic carbocycles. The number of carbonyl (C=O) groups is 2. The molecule has 0 spiro atoms. The van der Waals surface area contributed by atoms with Crippen molar-refractivity contribution in [2.24, 2.45) is 0 Å². The summed E-state index contributed by atoms with van der Waals surface area (Å²) >= 11 is 0. The molecule has 1 fully saturated rings. The van der Waals surface area contributed by atoms with Crippen molar-refractivity contribution < 1.29 is 24.2 Å². The first kappa shape index (κ1) is 30.4. The summed E-state index contributed by atoms with van der Waals surface area (Å²) in [6, 6.07) is 0. The van der Waals surface area contributed by atoms with Crippen molar-refractivity contribution in [3.63, 3.8) is 0 Å². The van der Waals surface area contributed by atoms with E-state index in [1.807, 2.05) is 0 Å². The van der Waals surface area contributed by atoms with Crippen LogP contribution in [0, 0.1) is 0 Å². The number of hydrogen-bond acceptors (Lipinski definition) is 8. The van der Waals surface area contributed by atoms with E-state index in [0.29, 0.717) is 24.5 Å². The van der Waals surface area contributed by atoms with E-state index in [2.05, 4.69) is 19.5 Å². The highest BCUT2D eigenvalue weighted by Crippen LogP contribution is 2.27. The van der Waals surface area contributed by atoms with Crippen molar-refractivity contribution in [1.29, 1.82) is 0 Å². The number of unbranched alkanes of at least 4 members (excludes halogenated alkanes) is 12. The number of carbonyl (C=O) groups excluding carboxylic acids is 2. The average Bonchev–Trinajstić information content (AvgIpc) is 3.28. The van der Waals surface area contributed by atoms with Gasteiger partial charge in [0.15, 0.2) is 11.5 Å². The van der Waals surface area contributed by atoms with Gasteiger partial charge in [-0.1, -0.05) is 70.6 Å². The van der Waals surface area contributed by atoms with Crippen LogP contribution < -0.4 is 10.2 Å². The summed E-state index contributed by atoms with van der Waals surface area (Å²) in [5.74, 6) is 1.09. The van der Waals surface area contributed by atoms with E-state index in [0.717, 1.165) is 64.4 Å². The lowest BCUT2D eigenvalue weighted by Crippen LogP contribution is -2.51. The van der Waals surface area contributed by atoms with E-state index in [1.165, 1.54) is 64.9 Å². The highest BCUT2D eigenvalue weighted by atomic mass is 16.5. The number of nitrogens with zero attached hydrogens (tertiary/aromatic N) is 4. The molecule has 0 radical (unpaired) electrons. The molecule has 1 aromatic heterocycles. The molecule has 0 saturated carbocycles. The van der Waals surface area contributed by atoms with Crippen LogP contribution in [0.4, 0.5) is 5.82 Å². The van der Waals surface area contributed by atoms with Gasteiger partial charge in [0.1, 0.15) is 5.82 Å². The summed E-state index contributed by atoms with van der Waals surface area (Å²) in [5, 5.41) is 12.8. The Hall–Kier alpha value is -2.17. The van der Waals surface area contributed by atoms with E-state index in [-0.39, 0.29) is 11.9 Å². The summed E-state index contributed by atoms with van der Waals surface area (Å²) in [4.78, 5) is 32.6. The van der Waals surface area contributed by atoms with Gasteiger partial charge in [-0.3, -0.25) is 14.5 Å². The number of amides is 1. The van der Waals surface area contributed by atoms with Gasteiger partial charge < -0.3 is 29.4 Å². The van der Waals surface area contributed by atoms with Crippen LogP contribution in [0.5, 0.6) is 0 Å². The Labute approximate surface area is 228 Å². The second-order valence-corrected chi connectivity index (χ2v) is 10.6. The maximum atomic E-state index is 12.7. The smallest absolute Gasteiger partial charge is 0.305 e. The number of nitrogens with one attached hydrogen (secondary N) is 1. The summed E-state index contributed by atoms with van der Waals surface area (Å²) in [6.45, 7) is 4.61. The Morgan fingerprint density at radius 3 is 2.11 bits per heavy atom. The number of aliphatic hydroxyl groups is 1. The molecule has 10 heteroatoms. The molecular formula is C28H49N5O5. The minimum atomic E-state index is -1.05. The Bertz CT molecular complexity index is 855. The SMILES string of the molecule is COC(=O)CCCCCCCCCCCCCCCn1c(CN2CCOCC2)nc2c1C(=O)NC(O)N2C. The van der Waals surface area contributed by atoms with Crippen LogP contribution in [0.3, 0.4) is 0 Å². The molecular weight excluding hydrogens is 486 g/mol. The molecule has 38 heavy (non-hydrogen) atoms. The predicted octanol–water partition coefficient (Wildman–Crippen LogP) is 3.81. The molecule has 10 nitrogen and oxygen atoms in total. The van der Waals surface area contributed by atoms with Gasteiger partial charge in [-0.25, -0.2) is 4.98 Å². The third-order valence-corrected chi connectivity index (χ3v) is 7.66. The van der Waals surface area contributed by atoms with Crippen molar-refractivity contribution in [3.05, 3.63) is 11.5 Å². The molecule has 216 valence electrons. The average molecular weight is 536 g/mol. The Morgan fingerprint density at radius 1 is 0.974 bits per heavy atom.